The normalized spacial score (nSPS) is 12.1. The summed E-state index contributed by atoms with van der Waals surface area (Å²) in [6.07, 6.45) is 4.50. The summed E-state index contributed by atoms with van der Waals surface area (Å²) in [5.74, 6) is 0. The van der Waals surface area contributed by atoms with Crippen molar-refractivity contribution < 1.29 is 12.6 Å². The first-order valence-electron chi connectivity index (χ1n) is 4.21. The zero-order valence-electron chi connectivity index (χ0n) is 8.00. The highest BCUT2D eigenvalue weighted by molar-refractivity contribution is 7.85. The molecule has 0 saturated carbocycles. The first-order chi connectivity index (χ1) is 7.04. The van der Waals surface area contributed by atoms with Gasteiger partial charge in [0.25, 0.3) is 10.1 Å². The van der Waals surface area contributed by atoms with Gasteiger partial charge in [0.05, 0.1) is 11.0 Å². The second-order valence-electron chi connectivity index (χ2n) is 3.09. The fourth-order valence-electron chi connectivity index (χ4n) is 1.18. The van der Waals surface area contributed by atoms with Crippen molar-refractivity contribution in [3.05, 3.63) is 29.4 Å². The van der Waals surface area contributed by atoms with Crippen molar-refractivity contribution in [2.45, 2.75) is 6.61 Å². The molecule has 0 aliphatic rings. The van der Waals surface area contributed by atoms with Gasteiger partial charge in [-0.1, -0.05) is 0 Å². The van der Waals surface area contributed by atoms with Crippen LogP contribution in [-0.4, -0.2) is 19.7 Å². The van der Waals surface area contributed by atoms with Crippen LogP contribution in [0, 0.1) is 0 Å². The van der Waals surface area contributed by atoms with Crippen LogP contribution in [0.15, 0.2) is 24.5 Å². The molecule has 0 aliphatic carbocycles. The van der Waals surface area contributed by atoms with Crippen molar-refractivity contribution in [1.29, 1.82) is 0 Å². The summed E-state index contributed by atoms with van der Waals surface area (Å²) in [4.78, 5) is 4.86. The van der Waals surface area contributed by atoms with Crippen LogP contribution in [0.1, 0.15) is 4.88 Å². The van der Waals surface area contributed by atoms with Crippen LogP contribution in [0.4, 0.5) is 0 Å². The average Bonchev–Trinajstić information content (AvgIpc) is 2.56. The minimum Gasteiger partial charge on any atom is -0.265 e. The fraction of sp³-hybridized carbons (Fsp3) is 0.222. The monoisotopic (exact) mass is 243 g/mol. The van der Waals surface area contributed by atoms with Gasteiger partial charge in [0.1, 0.15) is 6.61 Å². The highest BCUT2D eigenvalue weighted by Gasteiger charge is 2.05. The Morgan fingerprint density at radius 1 is 1.53 bits per heavy atom. The molecular formula is C9H9NO3S2. The molecule has 80 valence electrons. The van der Waals surface area contributed by atoms with E-state index in [-0.39, 0.29) is 6.61 Å². The maximum atomic E-state index is 10.8. The zero-order valence-corrected chi connectivity index (χ0v) is 9.64. The van der Waals surface area contributed by atoms with E-state index in [9.17, 15) is 8.42 Å². The van der Waals surface area contributed by atoms with E-state index in [0.29, 0.717) is 0 Å². The molecule has 0 fully saturated rings. The number of nitrogens with zero attached hydrogens (tertiary/aromatic N) is 1. The summed E-state index contributed by atoms with van der Waals surface area (Å²) in [6.45, 7) is 0.0954. The fourth-order valence-corrected chi connectivity index (χ4v) is 2.54. The lowest BCUT2D eigenvalue weighted by molar-refractivity contribution is 0.315. The van der Waals surface area contributed by atoms with Gasteiger partial charge >= 0.3 is 0 Å². The van der Waals surface area contributed by atoms with Gasteiger partial charge in [-0.3, -0.25) is 9.17 Å². The lowest BCUT2D eigenvalue weighted by Gasteiger charge is -1.96. The van der Waals surface area contributed by atoms with Gasteiger partial charge in [0.15, 0.2) is 0 Å². The number of thiophene rings is 1. The summed E-state index contributed by atoms with van der Waals surface area (Å²) in [7, 11) is -3.37. The molecule has 0 bridgehead atoms. The van der Waals surface area contributed by atoms with Gasteiger partial charge < -0.3 is 0 Å². The molecule has 0 aliphatic heterocycles. The van der Waals surface area contributed by atoms with Crippen molar-refractivity contribution in [2.24, 2.45) is 0 Å². The molecule has 2 heterocycles. The lowest BCUT2D eigenvalue weighted by Crippen LogP contribution is -2.01. The summed E-state index contributed by atoms with van der Waals surface area (Å²) >= 11 is 1.49. The first kappa shape index (κ1) is 10.5. The number of hydrogen-bond acceptors (Lipinski definition) is 5. The number of pyridine rings is 1. The van der Waals surface area contributed by atoms with E-state index in [1.54, 1.807) is 12.4 Å². The second kappa shape index (κ2) is 3.88. The third-order valence-corrected chi connectivity index (χ3v) is 3.39. The molecule has 4 nitrogen and oxygen atoms in total. The third kappa shape index (κ3) is 2.74. The summed E-state index contributed by atoms with van der Waals surface area (Å²) in [5, 5.41) is 1.06. The maximum Gasteiger partial charge on any atom is 0.264 e. The van der Waals surface area contributed by atoms with Crippen molar-refractivity contribution in [3.8, 4) is 0 Å². The smallest absolute Gasteiger partial charge is 0.264 e. The largest absolute Gasteiger partial charge is 0.265 e. The number of aromatic nitrogens is 1. The molecule has 2 aromatic rings. The number of hydrogen-bond donors (Lipinski definition) is 0. The van der Waals surface area contributed by atoms with Crippen LogP contribution in [0.25, 0.3) is 10.1 Å². The second-order valence-corrected chi connectivity index (χ2v) is 5.90. The van der Waals surface area contributed by atoms with Crippen LogP contribution in [0.5, 0.6) is 0 Å². The van der Waals surface area contributed by atoms with Crippen molar-refractivity contribution in [1.82, 2.24) is 4.98 Å². The molecule has 0 spiro atoms. The summed E-state index contributed by atoms with van der Waals surface area (Å²) in [5.41, 5.74) is 0. The van der Waals surface area contributed by atoms with Crippen LogP contribution in [-0.2, 0) is 20.9 Å². The van der Waals surface area contributed by atoms with Gasteiger partial charge in [-0.15, -0.1) is 11.3 Å². The van der Waals surface area contributed by atoms with Gasteiger partial charge in [-0.25, -0.2) is 0 Å². The topological polar surface area (TPSA) is 56.3 Å². The standard InChI is InChI=1S/C9H9NO3S2/c1-15(11,12)13-6-8-4-7-2-3-10-5-9(7)14-8/h2-5H,6H2,1H3. The van der Waals surface area contributed by atoms with Gasteiger partial charge in [0, 0.05) is 17.3 Å². The molecule has 0 N–H and O–H groups in total. The van der Waals surface area contributed by atoms with Crippen molar-refractivity contribution in [2.75, 3.05) is 6.26 Å². The number of fused-ring (bicyclic) bond motifs is 1. The van der Waals surface area contributed by atoms with E-state index in [1.807, 2.05) is 12.1 Å². The van der Waals surface area contributed by atoms with Crippen LogP contribution >= 0.6 is 11.3 Å². The first-order valence-corrected chi connectivity index (χ1v) is 6.85. The molecular weight excluding hydrogens is 234 g/mol. The molecule has 0 radical (unpaired) electrons. The van der Waals surface area contributed by atoms with E-state index >= 15 is 0 Å². The van der Waals surface area contributed by atoms with Gasteiger partial charge in [0.2, 0.25) is 0 Å². The molecule has 15 heavy (non-hydrogen) atoms. The molecule has 2 rings (SSSR count). The van der Waals surface area contributed by atoms with Crippen LogP contribution in [0.3, 0.4) is 0 Å². The Kier molecular flexibility index (Phi) is 2.72. The van der Waals surface area contributed by atoms with E-state index in [2.05, 4.69) is 4.98 Å². The Bertz CT molecular complexity index is 541. The highest BCUT2D eigenvalue weighted by Crippen LogP contribution is 2.25. The molecule has 0 amide bonds. The molecule has 0 unspecified atom stereocenters. The van der Waals surface area contributed by atoms with Gasteiger partial charge in [-0.2, -0.15) is 8.42 Å². The average molecular weight is 243 g/mol. The van der Waals surface area contributed by atoms with Crippen molar-refractivity contribution in [3.63, 3.8) is 0 Å². The van der Waals surface area contributed by atoms with E-state index in [1.165, 1.54) is 11.3 Å². The Balaban J connectivity index is 2.23. The molecule has 0 atom stereocenters. The SMILES string of the molecule is CS(=O)(=O)OCc1cc2ccncc2s1. The number of rotatable bonds is 3. The highest BCUT2D eigenvalue weighted by atomic mass is 32.2. The predicted molar refractivity (Wildman–Crippen MR) is 59.3 cm³/mol. The summed E-state index contributed by atoms with van der Waals surface area (Å²) in [6, 6.07) is 3.79. The van der Waals surface area contributed by atoms with Crippen molar-refractivity contribution >= 4 is 31.5 Å². The van der Waals surface area contributed by atoms with E-state index in [4.69, 9.17) is 4.18 Å². The van der Waals surface area contributed by atoms with Gasteiger partial charge in [-0.05, 0) is 17.5 Å². The zero-order chi connectivity index (χ0) is 10.9. The molecule has 2 aromatic heterocycles. The quantitative estimate of drug-likeness (QED) is 0.771. The Labute approximate surface area is 91.7 Å². The summed E-state index contributed by atoms with van der Waals surface area (Å²) < 4.78 is 27.3. The predicted octanol–water partition coefficient (Wildman–Crippen LogP) is 1.77. The minimum atomic E-state index is -3.37. The van der Waals surface area contributed by atoms with Crippen LogP contribution < -0.4 is 0 Å². The Morgan fingerprint density at radius 2 is 2.33 bits per heavy atom. The maximum absolute atomic E-state index is 10.8. The third-order valence-electron chi connectivity index (χ3n) is 1.79. The lowest BCUT2D eigenvalue weighted by atomic mass is 10.3. The minimum absolute atomic E-state index is 0.0954. The molecule has 0 aromatic carbocycles. The van der Waals surface area contributed by atoms with E-state index in [0.717, 1.165) is 21.2 Å². The Hall–Kier alpha value is -0.980. The van der Waals surface area contributed by atoms with Crippen LogP contribution in [0.2, 0.25) is 0 Å². The molecule has 6 heteroatoms. The Morgan fingerprint density at radius 3 is 3.00 bits per heavy atom. The van der Waals surface area contributed by atoms with E-state index < -0.39 is 10.1 Å². The molecule has 0 saturated heterocycles.